The highest BCUT2D eigenvalue weighted by Crippen LogP contribution is 2.38. The quantitative estimate of drug-likeness (QED) is 0.927. The van der Waals surface area contributed by atoms with Crippen molar-refractivity contribution in [3.8, 4) is 5.75 Å². The zero-order chi connectivity index (χ0) is 17.3. The number of ether oxygens (including phenoxy) is 1. The van der Waals surface area contributed by atoms with Crippen molar-refractivity contribution in [2.24, 2.45) is 0 Å². The van der Waals surface area contributed by atoms with E-state index in [0.717, 1.165) is 22.6 Å². The molecule has 3 rings (SSSR count). The molecule has 2 aromatic carbocycles. The monoisotopic (exact) mass is 344 g/mol. The summed E-state index contributed by atoms with van der Waals surface area (Å²) in [4.78, 5) is 25.9. The van der Waals surface area contributed by atoms with Crippen molar-refractivity contribution < 1.29 is 14.3 Å². The standard InChI is InChI=1S/C18H17ClN2O3/c1-11(22)20-17-15-9-13(19)5-8-16(15)21(18(17)23)10-12-3-6-14(24-2)7-4-12/h3-9,17H,10H2,1-2H3,(H,20,22)/t17-/m1/s1. The third kappa shape index (κ3) is 3.08. The summed E-state index contributed by atoms with van der Waals surface area (Å²) in [5.74, 6) is 0.332. The van der Waals surface area contributed by atoms with Gasteiger partial charge in [-0.3, -0.25) is 9.59 Å². The normalized spacial score (nSPS) is 16.0. The average molecular weight is 345 g/mol. The van der Waals surface area contributed by atoms with Gasteiger partial charge in [0.15, 0.2) is 0 Å². The molecule has 0 aliphatic carbocycles. The van der Waals surface area contributed by atoms with E-state index in [4.69, 9.17) is 16.3 Å². The third-order valence-electron chi connectivity index (χ3n) is 3.95. The molecule has 1 N–H and O–H groups in total. The summed E-state index contributed by atoms with van der Waals surface area (Å²) < 4.78 is 5.15. The zero-order valence-electron chi connectivity index (χ0n) is 13.4. The van der Waals surface area contributed by atoms with E-state index in [2.05, 4.69) is 5.32 Å². The summed E-state index contributed by atoms with van der Waals surface area (Å²) in [5.41, 5.74) is 2.45. The topological polar surface area (TPSA) is 58.6 Å². The van der Waals surface area contributed by atoms with Crippen LogP contribution in [0.25, 0.3) is 0 Å². The second-order valence-corrected chi connectivity index (χ2v) is 6.05. The van der Waals surface area contributed by atoms with E-state index in [0.29, 0.717) is 11.6 Å². The first-order chi connectivity index (χ1) is 11.5. The number of carbonyl (C=O) groups is 2. The molecule has 1 heterocycles. The minimum Gasteiger partial charge on any atom is -0.497 e. The third-order valence-corrected chi connectivity index (χ3v) is 4.19. The minimum atomic E-state index is -0.700. The molecule has 6 heteroatoms. The Bertz CT molecular complexity index is 789. The van der Waals surface area contributed by atoms with Crippen LogP contribution in [0.4, 0.5) is 5.69 Å². The summed E-state index contributed by atoms with van der Waals surface area (Å²) in [6.07, 6.45) is 0. The molecular weight excluding hydrogens is 328 g/mol. The van der Waals surface area contributed by atoms with Gasteiger partial charge in [0.05, 0.1) is 13.7 Å². The van der Waals surface area contributed by atoms with Gasteiger partial charge in [0.1, 0.15) is 11.8 Å². The van der Waals surface area contributed by atoms with E-state index in [-0.39, 0.29) is 11.8 Å². The predicted octanol–water partition coefficient (Wildman–Crippen LogP) is 3.07. The average Bonchev–Trinajstić information content (AvgIpc) is 2.80. The summed E-state index contributed by atoms with van der Waals surface area (Å²) in [7, 11) is 1.61. The zero-order valence-corrected chi connectivity index (χ0v) is 14.1. The number of fused-ring (bicyclic) bond motifs is 1. The van der Waals surface area contributed by atoms with Gasteiger partial charge in [-0.15, -0.1) is 0 Å². The van der Waals surface area contributed by atoms with E-state index in [1.165, 1.54) is 6.92 Å². The van der Waals surface area contributed by atoms with Crippen LogP contribution in [0.15, 0.2) is 42.5 Å². The highest BCUT2D eigenvalue weighted by Gasteiger charge is 2.37. The first kappa shape index (κ1) is 16.3. The fourth-order valence-corrected chi connectivity index (χ4v) is 3.01. The number of benzene rings is 2. The molecule has 0 fully saturated rings. The Morgan fingerprint density at radius 1 is 1.25 bits per heavy atom. The smallest absolute Gasteiger partial charge is 0.254 e. The first-order valence-electron chi connectivity index (χ1n) is 7.50. The highest BCUT2D eigenvalue weighted by atomic mass is 35.5. The van der Waals surface area contributed by atoms with Crippen LogP contribution in [0.2, 0.25) is 5.02 Å². The van der Waals surface area contributed by atoms with E-state index in [9.17, 15) is 9.59 Å². The maximum absolute atomic E-state index is 12.8. The molecule has 0 saturated heterocycles. The van der Waals surface area contributed by atoms with Crippen LogP contribution >= 0.6 is 11.6 Å². The number of nitrogens with one attached hydrogen (secondary N) is 1. The highest BCUT2D eigenvalue weighted by molar-refractivity contribution is 6.31. The lowest BCUT2D eigenvalue weighted by Gasteiger charge is -2.18. The van der Waals surface area contributed by atoms with Crippen LogP contribution in [0.1, 0.15) is 24.1 Å². The van der Waals surface area contributed by atoms with Crippen LogP contribution in [-0.4, -0.2) is 18.9 Å². The van der Waals surface area contributed by atoms with Gasteiger partial charge in [0, 0.05) is 23.2 Å². The molecule has 24 heavy (non-hydrogen) atoms. The summed E-state index contributed by atoms with van der Waals surface area (Å²) in [6.45, 7) is 1.80. The fourth-order valence-electron chi connectivity index (χ4n) is 2.83. The number of amides is 2. The Kier molecular flexibility index (Phi) is 4.44. The number of anilines is 1. The predicted molar refractivity (Wildman–Crippen MR) is 92.2 cm³/mol. The van der Waals surface area contributed by atoms with Gasteiger partial charge < -0.3 is 15.0 Å². The SMILES string of the molecule is COc1ccc(CN2C(=O)[C@H](NC(C)=O)c3cc(Cl)ccc32)cc1. The lowest BCUT2D eigenvalue weighted by Crippen LogP contribution is -2.36. The molecule has 0 aromatic heterocycles. The Balaban J connectivity index is 1.93. The second-order valence-electron chi connectivity index (χ2n) is 5.61. The lowest BCUT2D eigenvalue weighted by molar-refractivity contribution is -0.126. The number of carbonyl (C=O) groups excluding carboxylic acids is 2. The minimum absolute atomic E-state index is 0.168. The lowest BCUT2D eigenvalue weighted by atomic mass is 10.1. The number of hydrogen-bond acceptors (Lipinski definition) is 3. The molecule has 0 radical (unpaired) electrons. The molecule has 1 aliphatic rings. The van der Waals surface area contributed by atoms with Crippen molar-refractivity contribution in [2.75, 3.05) is 12.0 Å². The van der Waals surface area contributed by atoms with Crippen LogP contribution in [-0.2, 0) is 16.1 Å². The van der Waals surface area contributed by atoms with Crippen molar-refractivity contribution >= 4 is 29.1 Å². The van der Waals surface area contributed by atoms with Crippen molar-refractivity contribution in [3.63, 3.8) is 0 Å². The molecule has 0 spiro atoms. The molecule has 1 atom stereocenters. The van der Waals surface area contributed by atoms with E-state index >= 15 is 0 Å². The fraction of sp³-hybridized carbons (Fsp3) is 0.222. The van der Waals surface area contributed by atoms with Crippen molar-refractivity contribution in [1.82, 2.24) is 5.32 Å². The molecule has 0 unspecified atom stereocenters. The van der Waals surface area contributed by atoms with Gasteiger partial charge in [-0.25, -0.2) is 0 Å². The molecule has 0 bridgehead atoms. The van der Waals surface area contributed by atoms with Crippen LogP contribution in [0, 0.1) is 0 Å². The second kappa shape index (κ2) is 6.53. The van der Waals surface area contributed by atoms with Gasteiger partial charge in [-0.2, -0.15) is 0 Å². The molecule has 2 amide bonds. The van der Waals surface area contributed by atoms with Gasteiger partial charge in [0.25, 0.3) is 5.91 Å². The van der Waals surface area contributed by atoms with Gasteiger partial charge in [0.2, 0.25) is 5.91 Å². The van der Waals surface area contributed by atoms with Crippen LogP contribution in [0.3, 0.4) is 0 Å². The Hall–Kier alpha value is -2.53. The summed E-state index contributed by atoms with van der Waals surface area (Å²) >= 11 is 6.06. The maximum Gasteiger partial charge on any atom is 0.254 e. The molecule has 2 aromatic rings. The molecule has 5 nitrogen and oxygen atoms in total. The van der Waals surface area contributed by atoms with E-state index < -0.39 is 6.04 Å². The molecular formula is C18H17ClN2O3. The largest absolute Gasteiger partial charge is 0.497 e. The first-order valence-corrected chi connectivity index (χ1v) is 7.88. The van der Waals surface area contributed by atoms with Crippen LogP contribution in [0.5, 0.6) is 5.75 Å². The van der Waals surface area contributed by atoms with Crippen molar-refractivity contribution in [1.29, 1.82) is 0 Å². The summed E-state index contributed by atoms with van der Waals surface area (Å²) in [6, 6.07) is 12.1. The molecule has 124 valence electrons. The van der Waals surface area contributed by atoms with Crippen molar-refractivity contribution in [3.05, 3.63) is 58.6 Å². The number of nitrogens with zero attached hydrogens (tertiary/aromatic N) is 1. The van der Waals surface area contributed by atoms with Gasteiger partial charge >= 0.3 is 0 Å². The molecule has 1 aliphatic heterocycles. The summed E-state index contributed by atoms with van der Waals surface area (Å²) in [5, 5.41) is 3.23. The maximum atomic E-state index is 12.8. The number of halogens is 1. The Morgan fingerprint density at radius 2 is 1.96 bits per heavy atom. The molecule has 0 saturated carbocycles. The Morgan fingerprint density at radius 3 is 2.58 bits per heavy atom. The number of methoxy groups -OCH3 is 1. The Labute approximate surface area is 145 Å². The number of hydrogen-bond donors (Lipinski definition) is 1. The van der Waals surface area contributed by atoms with E-state index in [1.807, 2.05) is 24.3 Å². The van der Waals surface area contributed by atoms with Crippen LogP contribution < -0.4 is 15.0 Å². The number of rotatable bonds is 4. The van der Waals surface area contributed by atoms with Crippen molar-refractivity contribution in [2.45, 2.75) is 19.5 Å². The van der Waals surface area contributed by atoms with E-state index in [1.54, 1.807) is 30.2 Å². The van der Waals surface area contributed by atoms with Gasteiger partial charge in [-0.05, 0) is 35.9 Å². The van der Waals surface area contributed by atoms with Gasteiger partial charge in [-0.1, -0.05) is 23.7 Å².